The van der Waals surface area contributed by atoms with Crippen molar-refractivity contribution in [3.63, 3.8) is 0 Å². The minimum atomic E-state index is -5.19. The average molecular weight is 627 g/mol. The van der Waals surface area contributed by atoms with Crippen molar-refractivity contribution in [1.82, 2.24) is 20.6 Å². The maximum atomic E-state index is 13.6. The summed E-state index contributed by atoms with van der Waals surface area (Å²) in [6.07, 6.45) is -2.34. The lowest BCUT2D eigenvalue weighted by Crippen LogP contribution is -2.53. The number of hydrogen-bond acceptors (Lipinski definition) is 7. The number of ether oxygens (including phenoxy) is 2. The van der Waals surface area contributed by atoms with Gasteiger partial charge in [0.25, 0.3) is 11.7 Å². The minimum Gasteiger partial charge on any atom is -0.497 e. The van der Waals surface area contributed by atoms with E-state index >= 15 is 0 Å². The lowest BCUT2D eigenvalue weighted by atomic mass is 9.97. The van der Waals surface area contributed by atoms with Gasteiger partial charge >= 0.3 is 6.18 Å². The highest BCUT2D eigenvalue weighted by Gasteiger charge is 2.45. The van der Waals surface area contributed by atoms with Crippen LogP contribution in [0.2, 0.25) is 10.0 Å². The fourth-order valence-corrected chi connectivity index (χ4v) is 4.36. The van der Waals surface area contributed by atoms with E-state index < -0.39 is 47.9 Å². The Kier molecular flexibility index (Phi) is 11.1. The van der Waals surface area contributed by atoms with Crippen LogP contribution in [-0.2, 0) is 20.8 Å². The SMILES string of the molecule is COc1ccc(C(NC(=O)[C@H](Cc2cnccn2)Oc2cc(Cl)cc(Cl)c2)C(=O)N[C@H](C(=O)C(F)(F)F)C(C)C)cc1. The average Bonchev–Trinajstić information content (AvgIpc) is 2.93. The van der Waals surface area contributed by atoms with Crippen molar-refractivity contribution in [3.05, 3.63) is 82.4 Å². The summed E-state index contributed by atoms with van der Waals surface area (Å²) >= 11 is 12.2. The molecule has 0 aliphatic heterocycles. The van der Waals surface area contributed by atoms with Crippen LogP contribution in [0.3, 0.4) is 0 Å². The van der Waals surface area contributed by atoms with Crippen LogP contribution in [-0.4, -0.2) is 53.0 Å². The van der Waals surface area contributed by atoms with E-state index in [0.29, 0.717) is 11.4 Å². The number of carbonyl (C=O) groups excluding carboxylic acids is 3. The third-order valence-corrected chi connectivity index (χ3v) is 6.38. The van der Waals surface area contributed by atoms with Gasteiger partial charge < -0.3 is 20.1 Å². The first kappa shape index (κ1) is 32.6. The second-order valence-electron chi connectivity index (χ2n) is 9.42. The number of carbonyl (C=O) groups is 3. The summed E-state index contributed by atoms with van der Waals surface area (Å²) in [5, 5.41) is 5.17. The van der Waals surface area contributed by atoms with Gasteiger partial charge in [-0.2, -0.15) is 13.2 Å². The summed E-state index contributed by atoms with van der Waals surface area (Å²) in [6.45, 7) is 2.72. The van der Waals surface area contributed by atoms with E-state index in [9.17, 15) is 27.6 Å². The second-order valence-corrected chi connectivity index (χ2v) is 10.3. The Bertz CT molecular complexity index is 1370. The first-order valence-corrected chi connectivity index (χ1v) is 13.3. The molecule has 1 aromatic heterocycles. The summed E-state index contributed by atoms with van der Waals surface area (Å²) in [5.74, 6) is -4.33. The van der Waals surface area contributed by atoms with Gasteiger partial charge in [0.15, 0.2) is 6.10 Å². The molecule has 0 bridgehead atoms. The van der Waals surface area contributed by atoms with Crippen molar-refractivity contribution in [2.75, 3.05) is 7.11 Å². The largest absolute Gasteiger partial charge is 0.497 e. The number of Topliss-reactive ketones (excluding diaryl/α,β-unsaturated/α-hetero) is 1. The van der Waals surface area contributed by atoms with Gasteiger partial charge in [-0.15, -0.1) is 0 Å². The fourth-order valence-electron chi connectivity index (χ4n) is 3.85. The van der Waals surface area contributed by atoms with Crippen LogP contribution < -0.4 is 20.1 Å². The maximum Gasteiger partial charge on any atom is 0.452 e. The third-order valence-electron chi connectivity index (χ3n) is 5.94. The minimum absolute atomic E-state index is 0.109. The number of hydrogen-bond donors (Lipinski definition) is 2. The van der Waals surface area contributed by atoms with E-state index in [4.69, 9.17) is 32.7 Å². The Morgan fingerprint density at radius 3 is 2.10 bits per heavy atom. The molecule has 0 aliphatic carbocycles. The highest BCUT2D eigenvalue weighted by atomic mass is 35.5. The molecule has 0 fully saturated rings. The number of nitrogens with one attached hydrogen (secondary N) is 2. The number of alkyl halides is 3. The highest BCUT2D eigenvalue weighted by Crippen LogP contribution is 2.27. The molecule has 0 aliphatic rings. The number of methoxy groups -OCH3 is 1. The number of nitrogens with zero attached hydrogens (tertiary/aromatic N) is 2. The highest BCUT2D eigenvalue weighted by molar-refractivity contribution is 6.34. The molecule has 2 aromatic carbocycles. The van der Waals surface area contributed by atoms with Gasteiger partial charge in [0.1, 0.15) is 17.5 Å². The van der Waals surface area contributed by atoms with Crippen LogP contribution in [0.5, 0.6) is 11.5 Å². The Morgan fingerprint density at radius 1 is 0.929 bits per heavy atom. The molecule has 14 heteroatoms. The summed E-state index contributed by atoms with van der Waals surface area (Å²) < 4.78 is 50.8. The van der Waals surface area contributed by atoms with Gasteiger partial charge in [-0.1, -0.05) is 49.2 Å². The standard InChI is InChI=1S/C28H27Cl2F3N4O5/c1-15(2)23(25(38)28(31,32)33)36-27(40)24(16-4-6-20(41-3)7-5-16)37-26(39)22(13-19-14-34-8-9-35-19)42-21-11-17(29)10-18(30)12-21/h4-12,14-15,22-24H,13H2,1-3H3,(H,36,40)(H,37,39)/t22-,23-,24?/m0/s1. The smallest absolute Gasteiger partial charge is 0.452 e. The quantitative estimate of drug-likeness (QED) is 0.293. The van der Waals surface area contributed by atoms with Gasteiger partial charge in [0.2, 0.25) is 5.91 Å². The lowest BCUT2D eigenvalue weighted by Gasteiger charge is -2.27. The van der Waals surface area contributed by atoms with Gasteiger partial charge in [-0.05, 0) is 41.8 Å². The van der Waals surface area contributed by atoms with Gasteiger partial charge in [0.05, 0.1) is 18.8 Å². The van der Waals surface area contributed by atoms with E-state index in [2.05, 4.69) is 20.6 Å². The predicted octanol–water partition coefficient (Wildman–Crippen LogP) is 4.91. The molecule has 9 nitrogen and oxygen atoms in total. The monoisotopic (exact) mass is 626 g/mol. The van der Waals surface area contributed by atoms with E-state index in [0.717, 1.165) is 0 Å². The number of benzene rings is 2. The van der Waals surface area contributed by atoms with Crippen LogP contribution >= 0.6 is 23.2 Å². The van der Waals surface area contributed by atoms with Crippen molar-refractivity contribution in [2.45, 2.75) is 44.6 Å². The fraction of sp³-hybridized carbons (Fsp3) is 0.321. The van der Waals surface area contributed by atoms with Crippen molar-refractivity contribution >= 4 is 40.8 Å². The molecule has 2 amide bonds. The third kappa shape index (κ3) is 9.05. The van der Waals surface area contributed by atoms with Crippen LogP contribution in [0.1, 0.15) is 31.1 Å². The van der Waals surface area contributed by atoms with E-state index in [-0.39, 0.29) is 27.8 Å². The summed E-state index contributed by atoms with van der Waals surface area (Å²) in [5.41, 5.74) is 0.569. The first-order valence-electron chi connectivity index (χ1n) is 12.5. The molecule has 0 spiro atoms. The van der Waals surface area contributed by atoms with E-state index in [1.54, 1.807) is 0 Å². The Balaban J connectivity index is 1.96. The van der Waals surface area contributed by atoms with E-state index in [1.807, 2.05) is 0 Å². The van der Waals surface area contributed by atoms with Crippen molar-refractivity contribution in [1.29, 1.82) is 0 Å². The molecule has 3 atom stereocenters. The van der Waals surface area contributed by atoms with Gasteiger partial charge in [0, 0.05) is 35.1 Å². The molecule has 2 N–H and O–H groups in total. The molecule has 0 saturated heterocycles. The maximum absolute atomic E-state index is 13.6. The van der Waals surface area contributed by atoms with Crippen LogP contribution in [0.15, 0.2) is 61.1 Å². The van der Waals surface area contributed by atoms with Crippen LogP contribution in [0.25, 0.3) is 0 Å². The number of aromatic nitrogens is 2. The molecule has 1 heterocycles. The Morgan fingerprint density at radius 2 is 1.57 bits per heavy atom. The van der Waals surface area contributed by atoms with Gasteiger partial charge in [-0.3, -0.25) is 24.4 Å². The number of ketones is 1. The molecule has 224 valence electrons. The zero-order valence-corrected chi connectivity index (χ0v) is 24.1. The summed E-state index contributed by atoms with van der Waals surface area (Å²) in [4.78, 5) is 47.3. The van der Waals surface area contributed by atoms with E-state index in [1.165, 1.54) is 82.0 Å². The second kappa shape index (κ2) is 14.3. The topological polar surface area (TPSA) is 120 Å². The Labute approximate surface area is 249 Å². The van der Waals surface area contributed by atoms with Crippen molar-refractivity contribution in [2.24, 2.45) is 5.92 Å². The molecule has 42 heavy (non-hydrogen) atoms. The van der Waals surface area contributed by atoms with Crippen LogP contribution in [0.4, 0.5) is 13.2 Å². The summed E-state index contributed by atoms with van der Waals surface area (Å²) in [6, 6.07) is 6.81. The first-order chi connectivity index (χ1) is 19.8. The summed E-state index contributed by atoms with van der Waals surface area (Å²) in [7, 11) is 1.42. The molecule has 3 rings (SSSR count). The number of amides is 2. The van der Waals surface area contributed by atoms with Gasteiger partial charge in [-0.25, -0.2) is 0 Å². The molecule has 1 unspecified atom stereocenters. The zero-order valence-electron chi connectivity index (χ0n) is 22.6. The number of halogens is 5. The number of rotatable bonds is 12. The predicted molar refractivity (Wildman–Crippen MR) is 148 cm³/mol. The molecule has 0 radical (unpaired) electrons. The molecule has 3 aromatic rings. The molecule has 0 saturated carbocycles. The molecular formula is C28H27Cl2F3N4O5. The normalized spacial score (nSPS) is 13.5. The van der Waals surface area contributed by atoms with Crippen molar-refractivity contribution < 1.29 is 37.0 Å². The van der Waals surface area contributed by atoms with Crippen molar-refractivity contribution in [3.8, 4) is 11.5 Å². The zero-order chi connectivity index (χ0) is 31.0. The molecular weight excluding hydrogens is 600 g/mol. The Hall–Kier alpha value is -3.90. The lowest BCUT2D eigenvalue weighted by molar-refractivity contribution is -0.175. The van der Waals surface area contributed by atoms with Crippen LogP contribution in [0, 0.1) is 5.92 Å².